The van der Waals surface area contributed by atoms with E-state index in [1.807, 2.05) is 28.7 Å². The minimum Gasteiger partial charge on any atom is -0.455 e. The van der Waals surface area contributed by atoms with Crippen LogP contribution in [-0.2, 0) is 10.8 Å². The topological polar surface area (TPSA) is 32.8 Å². The molecule has 118 heavy (non-hydrogen) atoms. The van der Waals surface area contributed by atoms with Crippen LogP contribution >= 0.6 is 22.7 Å². The number of furan rings is 2. The number of hydrogen-bond acceptors (Lipinski definition) is 6. The van der Waals surface area contributed by atoms with Crippen LogP contribution in [0.4, 0.5) is 34.1 Å². The summed E-state index contributed by atoms with van der Waals surface area (Å²) in [5.74, 6) is 0. The van der Waals surface area contributed by atoms with Crippen molar-refractivity contribution in [3.63, 3.8) is 0 Å². The van der Waals surface area contributed by atoms with Gasteiger partial charge in [0.05, 0.1) is 5.41 Å². The van der Waals surface area contributed by atoms with Crippen molar-refractivity contribution < 1.29 is 8.83 Å². The number of para-hydroxylation sites is 2. The average molecular weight is 1540 g/mol. The van der Waals surface area contributed by atoms with E-state index in [4.69, 9.17) is 8.83 Å². The fraction of sp³-hybridized carbons (Fsp3) is 0.0357. The standard InChI is InChI=1S/C61H39NOS.C51H35NOS/c1-4-15-40(16-5-1)41-27-31-45(32-28-41)62(46-33-29-42(30-34-46)48-23-14-24-52-50-22-11-13-26-57(50)64-60(48)52)47-35-36-53-55(39-47)61(43-17-6-2-7-18-43,44-19-8-3-9-20-44)54-38-37-51-49-21-10-12-25-56(49)63-59(51)58(53)54;1-51(2)44-30-29-41-39-13-6-8-17-46(39)53-49(41)48(44)43-28-27-37(31-45(43)51)52(35-23-19-33(20-24-35)32-11-4-3-5-12-32)36-25-21-34(22-26-36)38-15-10-16-42-40-14-7-9-18-47(40)54-50(38)42/h1-39H;3-31H,1-2H3. The van der Waals surface area contributed by atoms with Gasteiger partial charge in [-0.3, -0.25) is 0 Å². The Kier molecular flexibility index (Phi) is 16.2. The van der Waals surface area contributed by atoms with Gasteiger partial charge in [-0.1, -0.05) is 329 Å². The summed E-state index contributed by atoms with van der Waals surface area (Å²) < 4.78 is 18.7. The Hall–Kier alpha value is -14.4. The number of anilines is 6. The first-order valence-corrected chi connectivity index (χ1v) is 42.1. The summed E-state index contributed by atoms with van der Waals surface area (Å²) in [5.41, 5.74) is 31.5. The van der Waals surface area contributed by atoms with E-state index < -0.39 is 5.41 Å². The van der Waals surface area contributed by atoms with Crippen molar-refractivity contribution >= 4 is 141 Å². The monoisotopic (exact) mass is 1540 g/mol. The zero-order valence-corrected chi connectivity index (χ0v) is 66.4. The SMILES string of the molecule is CC1(C)c2cc(N(c3ccc(-c4ccccc4)cc3)c3ccc(-c4cccc5c4sc4ccccc45)cc3)ccc2-c2c1ccc1c2oc2ccccc21.c1ccc(-c2ccc(N(c3ccc(-c4cccc5c4sc4ccccc45)cc3)c3ccc4c(c3)C(c3ccccc3)(c3ccccc3)c3ccc5c(oc6ccccc65)c3-4)cc2)cc1. The molecular weight excluding hydrogens is 1470 g/mol. The van der Waals surface area contributed by atoms with E-state index in [-0.39, 0.29) is 5.41 Å². The fourth-order valence-electron chi connectivity index (χ4n) is 19.3. The molecule has 0 atom stereocenters. The van der Waals surface area contributed by atoms with Crippen LogP contribution in [0.1, 0.15) is 47.2 Å². The molecule has 0 N–H and O–H groups in total. The van der Waals surface area contributed by atoms with Crippen molar-refractivity contribution in [1.82, 2.24) is 0 Å². The minimum absolute atomic E-state index is 0.205. The summed E-state index contributed by atoms with van der Waals surface area (Å²) in [4.78, 5) is 4.81. The lowest BCUT2D eigenvalue weighted by molar-refractivity contribution is 0.653. The Bertz CT molecular complexity index is 7630. The molecule has 4 nitrogen and oxygen atoms in total. The third-order valence-electron chi connectivity index (χ3n) is 24.9. The summed E-state index contributed by atoms with van der Waals surface area (Å²) >= 11 is 3.75. The Balaban J connectivity index is 0.000000140. The summed E-state index contributed by atoms with van der Waals surface area (Å²) in [6, 6.07) is 150. The van der Waals surface area contributed by atoms with E-state index in [0.717, 1.165) is 78.2 Å². The number of hydrogen-bond donors (Lipinski definition) is 0. The normalized spacial score (nSPS) is 13.0. The summed E-state index contributed by atoms with van der Waals surface area (Å²) in [6.45, 7) is 4.69. The largest absolute Gasteiger partial charge is 0.455 e. The van der Waals surface area contributed by atoms with Crippen LogP contribution in [0.2, 0.25) is 0 Å². The molecule has 0 saturated heterocycles. The summed E-state index contributed by atoms with van der Waals surface area (Å²) in [7, 11) is 0. The lowest BCUT2D eigenvalue weighted by atomic mass is 9.67. The molecule has 0 bridgehead atoms. The molecule has 0 aliphatic heterocycles. The second-order valence-electron chi connectivity index (χ2n) is 31.6. The first-order chi connectivity index (χ1) is 58.3. The van der Waals surface area contributed by atoms with E-state index in [1.54, 1.807) is 0 Å². The van der Waals surface area contributed by atoms with Gasteiger partial charge in [-0.15, -0.1) is 22.7 Å². The van der Waals surface area contributed by atoms with Crippen LogP contribution in [0.25, 0.3) is 151 Å². The van der Waals surface area contributed by atoms with Crippen molar-refractivity contribution in [3.8, 4) is 66.8 Å². The van der Waals surface area contributed by atoms with Gasteiger partial charge in [-0.2, -0.15) is 0 Å². The first kappa shape index (κ1) is 69.1. The summed E-state index contributed by atoms with van der Waals surface area (Å²) in [6.07, 6.45) is 0. The molecule has 22 aromatic rings. The molecule has 2 aliphatic rings. The number of benzene rings is 18. The van der Waals surface area contributed by atoms with Gasteiger partial charge in [0, 0.05) is 113 Å². The molecule has 0 radical (unpaired) electrons. The number of nitrogens with zero attached hydrogens (tertiary/aromatic N) is 2. The van der Waals surface area contributed by atoms with Gasteiger partial charge >= 0.3 is 0 Å². The average Bonchev–Trinajstić information content (AvgIpc) is 1.52. The van der Waals surface area contributed by atoms with Crippen LogP contribution in [0.5, 0.6) is 0 Å². The van der Waals surface area contributed by atoms with Crippen molar-refractivity contribution in [2.75, 3.05) is 9.80 Å². The highest BCUT2D eigenvalue weighted by Gasteiger charge is 2.48. The number of fused-ring (bicyclic) bond motifs is 20. The van der Waals surface area contributed by atoms with Crippen LogP contribution in [0, 0.1) is 0 Å². The third-order valence-corrected chi connectivity index (χ3v) is 27.3. The Labute approximate surface area is 691 Å². The molecule has 18 aromatic carbocycles. The maximum absolute atomic E-state index is 6.86. The lowest BCUT2D eigenvalue weighted by Gasteiger charge is -2.35. The molecule has 0 saturated carbocycles. The molecule has 0 spiro atoms. The molecule has 6 heteroatoms. The second-order valence-corrected chi connectivity index (χ2v) is 33.7. The second kappa shape index (κ2) is 27.7. The van der Waals surface area contributed by atoms with Gasteiger partial charge in [0.2, 0.25) is 0 Å². The van der Waals surface area contributed by atoms with Crippen molar-refractivity contribution in [2.24, 2.45) is 0 Å². The predicted molar refractivity (Wildman–Crippen MR) is 499 cm³/mol. The molecule has 2 aliphatic carbocycles. The minimum atomic E-state index is -0.619. The molecule has 0 amide bonds. The molecule has 0 unspecified atom stereocenters. The van der Waals surface area contributed by atoms with E-state index >= 15 is 0 Å². The highest BCUT2D eigenvalue weighted by Crippen LogP contribution is 2.61. The molecule has 4 heterocycles. The Morgan fingerprint density at radius 2 is 0.568 bits per heavy atom. The van der Waals surface area contributed by atoms with Gasteiger partial charge in [0.1, 0.15) is 22.3 Å². The van der Waals surface area contributed by atoms with Crippen molar-refractivity contribution in [2.45, 2.75) is 24.7 Å². The molecule has 0 fully saturated rings. The fourth-order valence-corrected chi connectivity index (χ4v) is 21.8. The van der Waals surface area contributed by atoms with Crippen LogP contribution in [0.3, 0.4) is 0 Å². The summed E-state index contributed by atoms with van der Waals surface area (Å²) in [5, 5.41) is 9.86. The number of rotatable bonds is 12. The molecular formula is C112H74N2O2S2. The Morgan fingerprint density at radius 3 is 1.02 bits per heavy atom. The third kappa shape index (κ3) is 11.0. The van der Waals surface area contributed by atoms with Gasteiger partial charge in [-0.05, 0) is 186 Å². The molecule has 4 aromatic heterocycles. The maximum Gasteiger partial charge on any atom is 0.143 e. The lowest BCUT2D eigenvalue weighted by Crippen LogP contribution is -2.28. The van der Waals surface area contributed by atoms with Gasteiger partial charge in [-0.25, -0.2) is 0 Å². The molecule has 556 valence electrons. The van der Waals surface area contributed by atoms with E-state index in [2.05, 4.69) is 430 Å². The highest BCUT2D eigenvalue weighted by atomic mass is 32.1. The van der Waals surface area contributed by atoms with Gasteiger partial charge in [0.25, 0.3) is 0 Å². The quantitative estimate of drug-likeness (QED) is 0.122. The molecule has 24 rings (SSSR count). The zero-order chi connectivity index (χ0) is 78.2. The van der Waals surface area contributed by atoms with Gasteiger partial charge in [0.15, 0.2) is 0 Å². The Morgan fingerprint density at radius 1 is 0.229 bits per heavy atom. The van der Waals surface area contributed by atoms with Crippen LogP contribution in [0.15, 0.2) is 421 Å². The van der Waals surface area contributed by atoms with Crippen LogP contribution < -0.4 is 9.80 Å². The first-order valence-electron chi connectivity index (χ1n) is 40.5. The highest BCUT2D eigenvalue weighted by molar-refractivity contribution is 7.26. The van der Waals surface area contributed by atoms with Crippen LogP contribution in [-0.4, -0.2) is 0 Å². The van der Waals surface area contributed by atoms with Gasteiger partial charge < -0.3 is 18.6 Å². The smallest absolute Gasteiger partial charge is 0.143 e. The zero-order valence-electron chi connectivity index (χ0n) is 64.8. The maximum atomic E-state index is 6.86. The van der Waals surface area contributed by atoms with Crippen molar-refractivity contribution in [1.29, 1.82) is 0 Å². The van der Waals surface area contributed by atoms with E-state index in [1.165, 1.54) is 140 Å². The predicted octanol–water partition coefficient (Wildman–Crippen LogP) is 32.2. The van der Waals surface area contributed by atoms with Crippen molar-refractivity contribution in [3.05, 3.63) is 446 Å². The van der Waals surface area contributed by atoms with E-state index in [0.29, 0.717) is 0 Å². The number of thiophene rings is 2. The van der Waals surface area contributed by atoms with E-state index in [9.17, 15) is 0 Å².